The molecular weight excluding hydrogens is 258 g/mol. The first-order chi connectivity index (χ1) is 9.10. The number of ether oxygens (including phenoxy) is 1. The molecule has 0 N–H and O–H groups in total. The lowest BCUT2D eigenvalue weighted by molar-refractivity contribution is 0.0964. The molecule has 2 rings (SSSR count). The van der Waals surface area contributed by atoms with Crippen molar-refractivity contribution in [1.82, 2.24) is 4.98 Å². The number of aryl methyl sites for hydroxylation is 1. The predicted molar refractivity (Wildman–Crippen MR) is 79.8 cm³/mol. The van der Waals surface area contributed by atoms with Gasteiger partial charge in [0.25, 0.3) is 0 Å². The zero-order valence-corrected chi connectivity index (χ0v) is 12.9. The van der Waals surface area contributed by atoms with E-state index in [0.29, 0.717) is 12.0 Å². The monoisotopic (exact) mass is 281 g/mol. The van der Waals surface area contributed by atoms with Crippen LogP contribution in [0.4, 0.5) is 0 Å². The molecule has 0 aliphatic heterocycles. The first-order valence-electron chi connectivity index (χ1n) is 7.33. The van der Waals surface area contributed by atoms with Crippen molar-refractivity contribution in [2.75, 3.05) is 0 Å². The topological polar surface area (TPSA) is 22.1 Å². The van der Waals surface area contributed by atoms with Crippen molar-refractivity contribution < 1.29 is 4.74 Å². The highest BCUT2D eigenvalue weighted by Gasteiger charge is 2.25. The molecule has 1 saturated carbocycles. The standard InChI is InChI=1S/C16H24ClNO/c1-4-14-8-13(10-17)9-16(18-14)19-15-6-11(2)5-12(3)7-15/h8-9,11-12,15H,4-7,10H2,1-3H3. The smallest absolute Gasteiger partial charge is 0.214 e. The van der Waals surface area contributed by atoms with Crippen LogP contribution in [-0.2, 0) is 12.3 Å². The number of pyridine rings is 1. The Morgan fingerprint density at radius 2 is 1.89 bits per heavy atom. The lowest BCUT2D eigenvalue weighted by Gasteiger charge is -2.31. The molecule has 0 saturated heterocycles. The summed E-state index contributed by atoms with van der Waals surface area (Å²) in [7, 11) is 0. The third kappa shape index (κ3) is 4.10. The largest absolute Gasteiger partial charge is 0.474 e. The summed E-state index contributed by atoms with van der Waals surface area (Å²) in [6.07, 6.45) is 4.81. The molecule has 0 bridgehead atoms. The fourth-order valence-corrected chi connectivity index (χ4v) is 3.23. The highest BCUT2D eigenvalue weighted by molar-refractivity contribution is 6.17. The Labute approximate surface area is 121 Å². The summed E-state index contributed by atoms with van der Waals surface area (Å²) in [6, 6.07) is 4.04. The van der Waals surface area contributed by atoms with E-state index in [4.69, 9.17) is 16.3 Å². The fraction of sp³-hybridized carbons (Fsp3) is 0.688. The Balaban J connectivity index is 2.09. The second-order valence-electron chi connectivity index (χ2n) is 5.95. The third-order valence-corrected chi connectivity index (χ3v) is 4.16. The van der Waals surface area contributed by atoms with Crippen LogP contribution in [0, 0.1) is 11.8 Å². The average Bonchev–Trinajstić information content (AvgIpc) is 2.37. The second-order valence-corrected chi connectivity index (χ2v) is 6.22. The first-order valence-corrected chi connectivity index (χ1v) is 7.86. The molecule has 0 aromatic carbocycles. The normalized spacial score (nSPS) is 27.3. The molecule has 1 aromatic rings. The van der Waals surface area contributed by atoms with E-state index in [2.05, 4.69) is 31.8 Å². The summed E-state index contributed by atoms with van der Waals surface area (Å²) in [5.41, 5.74) is 2.16. The lowest BCUT2D eigenvalue weighted by Crippen LogP contribution is -2.28. The van der Waals surface area contributed by atoms with Gasteiger partial charge in [0, 0.05) is 17.6 Å². The van der Waals surface area contributed by atoms with Gasteiger partial charge in [0.2, 0.25) is 5.88 Å². The molecule has 2 nitrogen and oxygen atoms in total. The van der Waals surface area contributed by atoms with Crippen molar-refractivity contribution >= 4 is 11.6 Å². The van der Waals surface area contributed by atoms with Gasteiger partial charge in [-0.25, -0.2) is 4.98 Å². The van der Waals surface area contributed by atoms with Gasteiger partial charge >= 0.3 is 0 Å². The van der Waals surface area contributed by atoms with Crippen molar-refractivity contribution in [1.29, 1.82) is 0 Å². The van der Waals surface area contributed by atoms with E-state index < -0.39 is 0 Å². The Kier molecular flexibility index (Phi) is 5.09. The number of hydrogen-bond acceptors (Lipinski definition) is 2. The summed E-state index contributed by atoms with van der Waals surface area (Å²) in [6.45, 7) is 6.73. The highest BCUT2D eigenvalue weighted by atomic mass is 35.5. The van der Waals surface area contributed by atoms with Gasteiger partial charge in [-0.15, -0.1) is 11.6 Å². The molecule has 2 atom stereocenters. The van der Waals surface area contributed by atoms with Gasteiger partial charge in [0.15, 0.2) is 0 Å². The Morgan fingerprint density at radius 3 is 2.47 bits per heavy atom. The molecule has 1 aromatic heterocycles. The summed E-state index contributed by atoms with van der Waals surface area (Å²) in [5.74, 6) is 2.76. The van der Waals surface area contributed by atoms with Gasteiger partial charge < -0.3 is 4.74 Å². The van der Waals surface area contributed by atoms with Gasteiger partial charge in [0.05, 0.1) is 0 Å². The van der Waals surface area contributed by atoms with Crippen LogP contribution in [0.1, 0.15) is 51.3 Å². The minimum Gasteiger partial charge on any atom is -0.474 e. The summed E-state index contributed by atoms with van der Waals surface area (Å²) >= 11 is 5.93. The lowest BCUT2D eigenvalue weighted by atomic mass is 9.82. The van der Waals surface area contributed by atoms with Crippen molar-refractivity contribution in [3.63, 3.8) is 0 Å². The van der Waals surface area contributed by atoms with Gasteiger partial charge in [-0.3, -0.25) is 0 Å². The maximum Gasteiger partial charge on any atom is 0.214 e. The molecular formula is C16H24ClNO. The van der Waals surface area contributed by atoms with E-state index in [1.807, 2.05) is 6.07 Å². The zero-order chi connectivity index (χ0) is 13.8. The first kappa shape index (κ1) is 14.6. The minimum atomic E-state index is 0.307. The minimum absolute atomic E-state index is 0.307. The molecule has 0 radical (unpaired) electrons. The molecule has 0 amide bonds. The van der Waals surface area contributed by atoms with Crippen LogP contribution >= 0.6 is 11.6 Å². The summed E-state index contributed by atoms with van der Waals surface area (Å²) in [4.78, 5) is 4.56. The van der Waals surface area contributed by atoms with Crippen LogP contribution in [0.25, 0.3) is 0 Å². The van der Waals surface area contributed by atoms with E-state index >= 15 is 0 Å². The van der Waals surface area contributed by atoms with Crippen LogP contribution in [-0.4, -0.2) is 11.1 Å². The number of nitrogens with zero attached hydrogens (tertiary/aromatic N) is 1. The number of alkyl halides is 1. The molecule has 0 spiro atoms. The molecule has 1 fully saturated rings. The molecule has 2 unspecified atom stereocenters. The number of halogens is 1. The van der Waals surface area contributed by atoms with Crippen molar-refractivity contribution in [3.8, 4) is 5.88 Å². The third-order valence-electron chi connectivity index (χ3n) is 3.85. The van der Waals surface area contributed by atoms with E-state index in [1.165, 1.54) is 6.42 Å². The highest BCUT2D eigenvalue weighted by Crippen LogP contribution is 2.31. The summed E-state index contributed by atoms with van der Waals surface area (Å²) < 4.78 is 6.11. The number of hydrogen-bond donors (Lipinski definition) is 0. The predicted octanol–water partition coefficient (Wildman–Crippen LogP) is 4.59. The molecule has 1 aliphatic carbocycles. The van der Waals surface area contributed by atoms with E-state index in [1.54, 1.807) is 0 Å². The second kappa shape index (κ2) is 6.60. The fourth-order valence-electron chi connectivity index (χ4n) is 3.08. The molecule has 1 heterocycles. The zero-order valence-electron chi connectivity index (χ0n) is 12.2. The Hall–Kier alpha value is -0.760. The SMILES string of the molecule is CCc1cc(CCl)cc(OC2CC(C)CC(C)C2)n1. The van der Waals surface area contributed by atoms with Crippen molar-refractivity contribution in [2.24, 2.45) is 11.8 Å². The average molecular weight is 282 g/mol. The molecule has 106 valence electrons. The van der Waals surface area contributed by atoms with Gasteiger partial charge in [0.1, 0.15) is 6.10 Å². The summed E-state index contributed by atoms with van der Waals surface area (Å²) in [5, 5.41) is 0. The Morgan fingerprint density at radius 1 is 1.21 bits per heavy atom. The molecule has 19 heavy (non-hydrogen) atoms. The van der Waals surface area contributed by atoms with Gasteiger partial charge in [-0.2, -0.15) is 0 Å². The van der Waals surface area contributed by atoms with Gasteiger partial charge in [-0.1, -0.05) is 20.8 Å². The van der Waals surface area contributed by atoms with Crippen LogP contribution < -0.4 is 4.74 Å². The van der Waals surface area contributed by atoms with E-state index in [-0.39, 0.29) is 0 Å². The van der Waals surface area contributed by atoms with Crippen LogP contribution in [0.5, 0.6) is 5.88 Å². The maximum atomic E-state index is 6.11. The van der Waals surface area contributed by atoms with Crippen LogP contribution in [0.15, 0.2) is 12.1 Å². The van der Waals surface area contributed by atoms with Crippen LogP contribution in [0.3, 0.4) is 0 Å². The molecule has 3 heteroatoms. The van der Waals surface area contributed by atoms with Crippen molar-refractivity contribution in [2.45, 2.75) is 58.4 Å². The van der Waals surface area contributed by atoms with E-state index in [9.17, 15) is 0 Å². The number of aromatic nitrogens is 1. The van der Waals surface area contributed by atoms with E-state index in [0.717, 1.165) is 48.2 Å². The van der Waals surface area contributed by atoms with Crippen LogP contribution in [0.2, 0.25) is 0 Å². The van der Waals surface area contributed by atoms with Gasteiger partial charge in [-0.05, 0) is 49.1 Å². The quantitative estimate of drug-likeness (QED) is 0.753. The Bertz CT molecular complexity index is 389. The number of rotatable bonds is 4. The van der Waals surface area contributed by atoms with Crippen molar-refractivity contribution in [3.05, 3.63) is 23.4 Å². The molecule has 1 aliphatic rings. The maximum absolute atomic E-state index is 6.11.